The van der Waals surface area contributed by atoms with Gasteiger partial charge in [0.2, 0.25) is 15.9 Å². The maximum Gasteiger partial charge on any atom is 0.251 e. The number of sulfonamides is 1. The zero-order valence-electron chi connectivity index (χ0n) is 17.9. The lowest BCUT2D eigenvalue weighted by atomic mass is 10.0. The maximum absolute atomic E-state index is 12.8. The number of carbonyl (C=O) groups excluding carboxylic acids is 2. The Morgan fingerprint density at radius 3 is 2.32 bits per heavy atom. The van der Waals surface area contributed by atoms with Gasteiger partial charge in [-0.15, -0.1) is 0 Å². The van der Waals surface area contributed by atoms with Gasteiger partial charge in [0.15, 0.2) is 0 Å². The summed E-state index contributed by atoms with van der Waals surface area (Å²) in [5.74, 6) is -0.229. The first kappa shape index (κ1) is 23.0. The summed E-state index contributed by atoms with van der Waals surface area (Å²) in [5, 5.41) is 5.37. The van der Waals surface area contributed by atoms with Crippen LogP contribution in [0.5, 0.6) is 0 Å². The van der Waals surface area contributed by atoms with E-state index < -0.39 is 15.9 Å². The molecule has 1 aliphatic rings. The second-order valence-corrected chi connectivity index (χ2v) is 9.79. The molecule has 166 valence electrons. The van der Waals surface area contributed by atoms with Crippen LogP contribution in [0, 0.1) is 5.92 Å². The van der Waals surface area contributed by atoms with Gasteiger partial charge in [0.05, 0.1) is 11.4 Å². The van der Waals surface area contributed by atoms with E-state index in [2.05, 4.69) is 17.6 Å². The quantitative estimate of drug-likeness (QED) is 0.688. The van der Waals surface area contributed by atoms with Gasteiger partial charge in [0.25, 0.3) is 5.91 Å². The highest BCUT2D eigenvalue weighted by Gasteiger charge is 2.28. The second kappa shape index (κ2) is 10.1. The lowest BCUT2D eigenvalue weighted by molar-refractivity contribution is -0.115. The third kappa shape index (κ3) is 5.71. The zero-order chi connectivity index (χ0) is 22.4. The van der Waals surface area contributed by atoms with Crippen molar-refractivity contribution >= 4 is 27.5 Å². The van der Waals surface area contributed by atoms with Gasteiger partial charge in [-0.25, -0.2) is 8.42 Å². The highest BCUT2D eigenvalue weighted by Crippen LogP contribution is 2.23. The zero-order valence-corrected chi connectivity index (χ0v) is 18.7. The minimum atomic E-state index is -3.56. The minimum Gasteiger partial charge on any atom is -0.343 e. The molecule has 31 heavy (non-hydrogen) atoms. The van der Waals surface area contributed by atoms with E-state index in [0.29, 0.717) is 24.6 Å². The van der Waals surface area contributed by atoms with Crippen LogP contribution < -0.4 is 10.6 Å². The van der Waals surface area contributed by atoms with Crippen molar-refractivity contribution in [1.29, 1.82) is 0 Å². The van der Waals surface area contributed by atoms with Gasteiger partial charge in [-0.05, 0) is 61.1 Å². The number of amides is 2. The molecule has 8 heteroatoms. The number of hydrogen-bond donors (Lipinski definition) is 2. The van der Waals surface area contributed by atoms with Gasteiger partial charge >= 0.3 is 0 Å². The standard InChI is InChI=1S/C23H29N3O4S/c1-3-18-6-4-5-7-21(18)25-22(27)16-24-23(28)19-8-10-20(11-9-19)31(29,30)26-14-12-17(2)13-15-26/h4-11,17H,3,12-16H2,1-2H3,(H,24,28)(H,25,27). The van der Waals surface area contributed by atoms with Crippen LogP contribution in [0.15, 0.2) is 53.4 Å². The SMILES string of the molecule is CCc1ccccc1NC(=O)CNC(=O)c1ccc(S(=O)(=O)N2CCC(C)CC2)cc1. The molecular formula is C23H29N3O4S. The summed E-state index contributed by atoms with van der Waals surface area (Å²) in [6.07, 6.45) is 2.49. The Labute approximate surface area is 183 Å². The van der Waals surface area contributed by atoms with E-state index in [1.165, 1.54) is 28.6 Å². The summed E-state index contributed by atoms with van der Waals surface area (Å²) in [6, 6.07) is 13.3. The van der Waals surface area contributed by atoms with Crippen LogP contribution in [0.25, 0.3) is 0 Å². The molecule has 0 spiro atoms. The average molecular weight is 444 g/mol. The summed E-state index contributed by atoms with van der Waals surface area (Å²) in [6.45, 7) is 4.98. The smallest absolute Gasteiger partial charge is 0.251 e. The maximum atomic E-state index is 12.8. The Balaban J connectivity index is 1.57. The van der Waals surface area contributed by atoms with Crippen molar-refractivity contribution in [1.82, 2.24) is 9.62 Å². The number of benzene rings is 2. The fourth-order valence-electron chi connectivity index (χ4n) is 3.56. The molecule has 7 nitrogen and oxygen atoms in total. The van der Waals surface area contributed by atoms with Gasteiger partial charge < -0.3 is 10.6 Å². The monoisotopic (exact) mass is 443 g/mol. The normalized spacial score (nSPS) is 15.4. The Hall–Kier alpha value is -2.71. The summed E-state index contributed by atoms with van der Waals surface area (Å²) >= 11 is 0. The Morgan fingerprint density at radius 1 is 1.03 bits per heavy atom. The van der Waals surface area contributed by atoms with Crippen LogP contribution in [-0.4, -0.2) is 44.2 Å². The van der Waals surface area contributed by atoms with Gasteiger partial charge in [-0.1, -0.05) is 32.0 Å². The van der Waals surface area contributed by atoms with Crippen LogP contribution in [0.1, 0.15) is 42.6 Å². The third-order valence-corrected chi connectivity index (χ3v) is 7.49. The average Bonchev–Trinajstić information content (AvgIpc) is 2.78. The molecule has 0 radical (unpaired) electrons. The van der Waals surface area contributed by atoms with E-state index in [1.54, 1.807) is 0 Å². The molecule has 2 aromatic rings. The number of anilines is 1. The molecule has 2 aromatic carbocycles. The van der Waals surface area contributed by atoms with Crippen LogP contribution in [-0.2, 0) is 21.2 Å². The van der Waals surface area contributed by atoms with Gasteiger partial charge in [0.1, 0.15) is 0 Å². The van der Waals surface area contributed by atoms with Crippen molar-refractivity contribution < 1.29 is 18.0 Å². The molecule has 0 unspecified atom stereocenters. The Morgan fingerprint density at radius 2 is 1.68 bits per heavy atom. The molecule has 0 saturated carbocycles. The van der Waals surface area contributed by atoms with Crippen molar-refractivity contribution in [3.8, 4) is 0 Å². The van der Waals surface area contributed by atoms with Gasteiger partial charge in [-0.3, -0.25) is 9.59 Å². The van der Waals surface area contributed by atoms with Crippen LogP contribution in [0.3, 0.4) is 0 Å². The van der Waals surface area contributed by atoms with Crippen molar-refractivity contribution in [2.75, 3.05) is 25.0 Å². The van der Waals surface area contributed by atoms with Crippen molar-refractivity contribution in [3.63, 3.8) is 0 Å². The largest absolute Gasteiger partial charge is 0.343 e. The number of carbonyl (C=O) groups is 2. The number of nitrogens with zero attached hydrogens (tertiary/aromatic N) is 1. The van der Waals surface area contributed by atoms with Crippen molar-refractivity contribution in [3.05, 3.63) is 59.7 Å². The highest BCUT2D eigenvalue weighted by atomic mass is 32.2. The number of rotatable bonds is 7. The molecule has 0 bridgehead atoms. The number of hydrogen-bond acceptors (Lipinski definition) is 4. The number of aryl methyl sites for hydroxylation is 1. The first-order chi connectivity index (χ1) is 14.8. The van der Waals surface area contributed by atoms with Crippen molar-refractivity contribution in [2.45, 2.75) is 38.0 Å². The van der Waals surface area contributed by atoms with E-state index in [-0.39, 0.29) is 17.3 Å². The van der Waals surface area contributed by atoms with E-state index in [4.69, 9.17) is 0 Å². The van der Waals surface area contributed by atoms with Gasteiger partial charge in [0, 0.05) is 24.3 Å². The van der Waals surface area contributed by atoms with E-state index in [0.717, 1.165) is 30.5 Å². The molecule has 0 aromatic heterocycles. The van der Waals surface area contributed by atoms with E-state index >= 15 is 0 Å². The topological polar surface area (TPSA) is 95.6 Å². The first-order valence-electron chi connectivity index (χ1n) is 10.6. The summed E-state index contributed by atoms with van der Waals surface area (Å²) in [4.78, 5) is 24.7. The van der Waals surface area contributed by atoms with Crippen LogP contribution >= 0.6 is 0 Å². The summed E-state index contributed by atoms with van der Waals surface area (Å²) in [7, 11) is -3.56. The fraction of sp³-hybridized carbons (Fsp3) is 0.391. The number of piperidine rings is 1. The molecular weight excluding hydrogens is 414 g/mol. The highest BCUT2D eigenvalue weighted by molar-refractivity contribution is 7.89. The number of para-hydroxylation sites is 1. The summed E-state index contributed by atoms with van der Waals surface area (Å²) in [5.41, 5.74) is 2.04. The predicted octanol–water partition coefficient (Wildman–Crippen LogP) is 3.04. The predicted molar refractivity (Wildman–Crippen MR) is 120 cm³/mol. The lowest BCUT2D eigenvalue weighted by Crippen LogP contribution is -2.37. The molecule has 1 aliphatic heterocycles. The molecule has 1 heterocycles. The summed E-state index contributed by atoms with van der Waals surface area (Å²) < 4.78 is 27.1. The van der Waals surface area contributed by atoms with E-state index in [1.807, 2.05) is 31.2 Å². The molecule has 3 rings (SSSR count). The Bertz CT molecular complexity index is 1030. The van der Waals surface area contributed by atoms with Crippen molar-refractivity contribution in [2.24, 2.45) is 5.92 Å². The molecule has 1 saturated heterocycles. The van der Waals surface area contributed by atoms with Gasteiger partial charge in [-0.2, -0.15) is 4.31 Å². The fourth-order valence-corrected chi connectivity index (χ4v) is 5.03. The lowest BCUT2D eigenvalue weighted by Gasteiger charge is -2.29. The molecule has 2 amide bonds. The minimum absolute atomic E-state index is 0.174. The van der Waals surface area contributed by atoms with E-state index in [9.17, 15) is 18.0 Å². The molecule has 1 fully saturated rings. The molecule has 2 N–H and O–H groups in total. The first-order valence-corrected chi connectivity index (χ1v) is 12.0. The third-order valence-electron chi connectivity index (χ3n) is 5.58. The number of nitrogens with one attached hydrogen (secondary N) is 2. The van der Waals surface area contributed by atoms with Crippen LogP contribution in [0.4, 0.5) is 5.69 Å². The molecule has 0 aliphatic carbocycles. The van der Waals surface area contributed by atoms with Crippen LogP contribution in [0.2, 0.25) is 0 Å². The second-order valence-electron chi connectivity index (χ2n) is 7.85. The Kier molecular flexibility index (Phi) is 7.46. The molecule has 0 atom stereocenters.